The van der Waals surface area contributed by atoms with Gasteiger partial charge in [0.15, 0.2) is 5.13 Å². The van der Waals surface area contributed by atoms with Gasteiger partial charge < -0.3 is 10.6 Å². The Kier molecular flexibility index (Phi) is 3.30. The summed E-state index contributed by atoms with van der Waals surface area (Å²) in [5.41, 5.74) is 9.43. The highest BCUT2D eigenvalue weighted by atomic mass is 32.1. The summed E-state index contributed by atoms with van der Waals surface area (Å²) in [6.07, 6.45) is 3.24. The maximum atomic E-state index is 5.58. The van der Waals surface area contributed by atoms with E-state index in [0.717, 1.165) is 23.8 Å². The van der Waals surface area contributed by atoms with Crippen LogP contribution in [0.25, 0.3) is 0 Å². The van der Waals surface area contributed by atoms with E-state index in [4.69, 9.17) is 5.73 Å². The molecule has 0 atom stereocenters. The Morgan fingerprint density at radius 3 is 3.11 bits per heavy atom. The van der Waals surface area contributed by atoms with Crippen molar-refractivity contribution in [3.8, 4) is 0 Å². The number of nitrogens with zero attached hydrogens (tertiary/aromatic N) is 2. The van der Waals surface area contributed by atoms with E-state index in [-0.39, 0.29) is 0 Å². The minimum Gasteiger partial charge on any atom is -0.330 e. The SMILES string of the molecule is NCCc1csc(N2CCCc3ccccc32)n1. The summed E-state index contributed by atoms with van der Waals surface area (Å²) < 4.78 is 0. The zero-order valence-corrected chi connectivity index (χ0v) is 11.1. The van der Waals surface area contributed by atoms with Gasteiger partial charge in [-0.05, 0) is 31.0 Å². The van der Waals surface area contributed by atoms with Crippen LogP contribution in [0.5, 0.6) is 0 Å². The second-order valence-corrected chi connectivity index (χ2v) is 5.38. The Balaban J connectivity index is 1.92. The van der Waals surface area contributed by atoms with Crippen LogP contribution in [0.2, 0.25) is 0 Å². The number of hydrogen-bond donors (Lipinski definition) is 1. The van der Waals surface area contributed by atoms with Gasteiger partial charge in [0.2, 0.25) is 0 Å². The van der Waals surface area contributed by atoms with Crippen molar-refractivity contribution in [2.45, 2.75) is 19.3 Å². The van der Waals surface area contributed by atoms with Crippen LogP contribution in [0.4, 0.5) is 10.8 Å². The molecule has 1 aromatic carbocycles. The van der Waals surface area contributed by atoms with Gasteiger partial charge in [0.05, 0.1) is 5.69 Å². The quantitative estimate of drug-likeness (QED) is 0.921. The average molecular weight is 259 g/mol. The molecule has 0 amide bonds. The fourth-order valence-corrected chi connectivity index (χ4v) is 3.31. The number of nitrogens with two attached hydrogens (primary N) is 1. The maximum absolute atomic E-state index is 5.58. The number of aromatic nitrogens is 1. The van der Waals surface area contributed by atoms with Gasteiger partial charge in [-0.25, -0.2) is 4.98 Å². The Morgan fingerprint density at radius 1 is 1.33 bits per heavy atom. The van der Waals surface area contributed by atoms with E-state index >= 15 is 0 Å². The number of benzene rings is 1. The van der Waals surface area contributed by atoms with Crippen LogP contribution in [-0.4, -0.2) is 18.1 Å². The Hall–Kier alpha value is -1.39. The third kappa shape index (κ3) is 2.13. The van der Waals surface area contributed by atoms with Crippen molar-refractivity contribution >= 4 is 22.2 Å². The first kappa shape index (κ1) is 11.7. The standard InChI is InChI=1S/C14H17N3S/c15-8-7-12-10-18-14(16-12)17-9-3-5-11-4-1-2-6-13(11)17/h1-2,4,6,10H,3,5,7-9,15H2. The highest BCUT2D eigenvalue weighted by Gasteiger charge is 2.19. The molecule has 0 saturated heterocycles. The number of thiazole rings is 1. The van der Waals surface area contributed by atoms with Gasteiger partial charge in [0.25, 0.3) is 0 Å². The lowest BCUT2D eigenvalue weighted by molar-refractivity contribution is 0.763. The summed E-state index contributed by atoms with van der Waals surface area (Å²) in [5.74, 6) is 0. The molecule has 1 aliphatic heterocycles. The number of rotatable bonds is 3. The van der Waals surface area contributed by atoms with Crippen LogP contribution in [0.3, 0.4) is 0 Å². The molecule has 1 aliphatic rings. The summed E-state index contributed by atoms with van der Waals surface area (Å²) in [6, 6.07) is 8.63. The van der Waals surface area contributed by atoms with E-state index in [9.17, 15) is 0 Å². The molecular formula is C14H17N3S. The monoisotopic (exact) mass is 259 g/mol. The van der Waals surface area contributed by atoms with Gasteiger partial charge >= 0.3 is 0 Å². The molecular weight excluding hydrogens is 242 g/mol. The van der Waals surface area contributed by atoms with Crippen molar-refractivity contribution in [1.82, 2.24) is 4.98 Å². The van der Waals surface area contributed by atoms with Crippen molar-refractivity contribution in [2.75, 3.05) is 18.0 Å². The van der Waals surface area contributed by atoms with E-state index in [2.05, 4.69) is 39.5 Å². The van der Waals surface area contributed by atoms with Crippen molar-refractivity contribution in [2.24, 2.45) is 5.73 Å². The lowest BCUT2D eigenvalue weighted by Gasteiger charge is -2.28. The summed E-state index contributed by atoms with van der Waals surface area (Å²) in [7, 11) is 0. The molecule has 2 aromatic rings. The molecule has 0 unspecified atom stereocenters. The van der Waals surface area contributed by atoms with E-state index in [1.807, 2.05) is 0 Å². The molecule has 18 heavy (non-hydrogen) atoms. The molecule has 0 spiro atoms. The molecule has 0 bridgehead atoms. The molecule has 0 saturated carbocycles. The average Bonchev–Trinajstić information content (AvgIpc) is 2.87. The Bertz CT molecular complexity index is 535. The van der Waals surface area contributed by atoms with Crippen LogP contribution in [0.1, 0.15) is 17.7 Å². The molecule has 0 fully saturated rings. The van der Waals surface area contributed by atoms with Gasteiger partial charge in [-0.1, -0.05) is 18.2 Å². The number of aryl methyl sites for hydroxylation is 1. The summed E-state index contributed by atoms with van der Waals surface area (Å²) in [6.45, 7) is 1.73. The molecule has 94 valence electrons. The first-order chi connectivity index (χ1) is 8.88. The van der Waals surface area contributed by atoms with Gasteiger partial charge in [0, 0.05) is 24.0 Å². The second kappa shape index (κ2) is 5.08. The van der Waals surface area contributed by atoms with E-state index in [0.29, 0.717) is 6.54 Å². The summed E-state index contributed by atoms with van der Waals surface area (Å²) >= 11 is 1.72. The van der Waals surface area contributed by atoms with Crippen LogP contribution in [0.15, 0.2) is 29.6 Å². The van der Waals surface area contributed by atoms with E-state index < -0.39 is 0 Å². The van der Waals surface area contributed by atoms with E-state index in [1.165, 1.54) is 24.1 Å². The molecule has 0 radical (unpaired) electrons. The normalized spacial score (nSPS) is 14.6. The summed E-state index contributed by atoms with van der Waals surface area (Å²) in [5, 5.41) is 3.23. The van der Waals surface area contributed by atoms with Gasteiger partial charge in [-0.2, -0.15) is 0 Å². The van der Waals surface area contributed by atoms with Crippen LogP contribution >= 0.6 is 11.3 Å². The lowest BCUT2D eigenvalue weighted by Crippen LogP contribution is -2.24. The zero-order chi connectivity index (χ0) is 12.4. The molecule has 3 nitrogen and oxygen atoms in total. The van der Waals surface area contributed by atoms with Crippen LogP contribution in [-0.2, 0) is 12.8 Å². The maximum Gasteiger partial charge on any atom is 0.190 e. The zero-order valence-electron chi connectivity index (χ0n) is 10.3. The predicted molar refractivity (Wildman–Crippen MR) is 76.6 cm³/mol. The predicted octanol–water partition coefficient (Wildman–Crippen LogP) is 2.73. The van der Waals surface area contributed by atoms with Crippen LogP contribution in [0, 0.1) is 0 Å². The first-order valence-corrected chi connectivity index (χ1v) is 7.26. The Labute approximate surface area is 111 Å². The fraction of sp³-hybridized carbons (Fsp3) is 0.357. The number of para-hydroxylation sites is 1. The number of fused-ring (bicyclic) bond motifs is 1. The van der Waals surface area contributed by atoms with Crippen molar-refractivity contribution in [3.63, 3.8) is 0 Å². The molecule has 0 aliphatic carbocycles. The van der Waals surface area contributed by atoms with E-state index in [1.54, 1.807) is 11.3 Å². The Morgan fingerprint density at radius 2 is 2.22 bits per heavy atom. The minimum absolute atomic E-state index is 0.666. The highest BCUT2D eigenvalue weighted by molar-refractivity contribution is 7.13. The topological polar surface area (TPSA) is 42.1 Å². The molecule has 4 heteroatoms. The van der Waals surface area contributed by atoms with Crippen LogP contribution < -0.4 is 10.6 Å². The van der Waals surface area contributed by atoms with Gasteiger partial charge in [-0.15, -0.1) is 11.3 Å². The van der Waals surface area contributed by atoms with Crippen molar-refractivity contribution < 1.29 is 0 Å². The third-order valence-electron chi connectivity index (χ3n) is 3.28. The third-order valence-corrected chi connectivity index (χ3v) is 4.19. The smallest absolute Gasteiger partial charge is 0.190 e. The van der Waals surface area contributed by atoms with Crippen molar-refractivity contribution in [3.05, 3.63) is 40.9 Å². The minimum atomic E-state index is 0.666. The highest BCUT2D eigenvalue weighted by Crippen LogP contribution is 2.34. The molecule has 1 aromatic heterocycles. The first-order valence-electron chi connectivity index (χ1n) is 6.38. The van der Waals surface area contributed by atoms with Gasteiger partial charge in [0.1, 0.15) is 0 Å². The molecule has 2 heterocycles. The molecule has 2 N–H and O–H groups in total. The molecule has 3 rings (SSSR count). The second-order valence-electron chi connectivity index (χ2n) is 4.54. The lowest BCUT2D eigenvalue weighted by atomic mass is 10.0. The largest absolute Gasteiger partial charge is 0.330 e. The van der Waals surface area contributed by atoms with Crippen molar-refractivity contribution in [1.29, 1.82) is 0 Å². The number of anilines is 2. The summed E-state index contributed by atoms with van der Waals surface area (Å²) in [4.78, 5) is 7.02. The number of hydrogen-bond acceptors (Lipinski definition) is 4. The van der Waals surface area contributed by atoms with Gasteiger partial charge in [-0.3, -0.25) is 0 Å². The fourth-order valence-electron chi connectivity index (χ4n) is 2.42.